The van der Waals surface area contributed by atoms with Crippen molar-refractivity contribution in [2.24, 2.45) is 7.05 Å². The van der Waals surface area contributed by atoms with Gasteiger partial charge < -0.3 is 0 Å². The van der Waals surface area contributed by atoms with Crippen molar-refractivity contribution in [1.29, 1.82) is 0 Å². The lowest BCUT2D eigenvalue weighted by Gasteiger charge is -2.08. The first-order valence-electron chi connectivity index (χ1n) is 5.48. The number of hydrogen-bond donors (Lipinski definition) is 0. The van der Waals surface area contributed by atoms with Crippen LogP contribution in [0.2, 0.25) is 0 Å². The quantitative estimate of drug-likeness (QED) is 0.665. The van der Waals surface area contributed by atoms with E-state index in [2.05, 4.69) is 47.7 Å². The summed E-state index contributed by atoms with van der Waals surface area (Å²) in [5, 5.41) is 0. The molecule has 2 nitrogen and oxygen atoms in total. The van der Waals surface area contributed by atoms with Crippen molar-refractivity contribution in [3.8, 4) is 11.3 Å². The van der Waals surface area contributed by atoms with Crippen LogP contribution in [0.3, 0.4) is 0 Å². The third-order valence-corrected chi connectivity index (χ3v) is 3.04. The molecule has 2 heteroatoms. The maximum absolute atomic E-state index is 4.28. The van der Waals surface area contributed by atoms with E-state index in [1.54, 1.807) is 0 Å². The summed E-state index contributed by atoms with van der Waals surface area (Å²) in [7, 11) is 2.03. The molecule has 82 valence electrons. The first kappa shape index (κ1) is 10.8. The lowest BCUT2D eigenvalue weighted by atomic mass is 10.0. The van der Waals surface area contributed by atoms with Crippen LogP contribution in [0.4, 0.5) is 0 Å². The zero-order valence-electron chi connectivity index (χ0n) is 10.3. The number of hydrogen-bond acceptors (Lipinski definition) is 1. The zero-order chi connectivity index (χ0) is 11.7. The predicted octanol–water partition coefficient (Wildman–Crippen LogP) is 2.50. The van der Waals surface area contributed by atoms with Crippen LogP contribution in [-0.2, 0) is 7.05 Å². The molecule has 0 atom stereocenters. The lowest BCUT2D eigenvalue weighted by Crippen LogP contribution is -2.31. The van der Waals surface area contributed by atoms with Crippen molar-refractivity contribution < 1.29 is 4.57 Å². The van der Waals surface area contributed by atoms with Gasteiger partial charge in [-0.25, -0.2) is 4.57 Å². The van der Waals surface area contributed by atoms with Gasteiger partial charge in [0.15, 0.2) is 5.69 Å². The number of aryl methyl sites for hydroxylation is 3. The Hall–Kier alpha value is -1.70. The second kappa shape index (κ2) is 4.05. The number of nitrogens with zero attached hydrogens (tertiary/aromatic N) is 2. The SMILES string of the molecule is Cc1cc(-c2cccc(C)c2C)[n+](C)cn1. The molecule has 2 rings (SSSR count). The monoisotopic (exact) mass is 213 g/mol. The van der Waals surface area contributed by atoms with E-state index in [0.717, 1.165) is 5.69 Å². The number of rotatable bonds is 1. The molecule has 0 saturated carbocycles. The van der Waals surface area contributed by atoms with Gasteiger partial charge in [0.2, 0.25) is 0 Å². The minimum atomic E-state index is 1.05. The smallest absolute Gasteiger partial charge is 0.233 e. The highest BCUT2D eigenvalue weighted by Gasteiger charge is 2.11. The summed E-state index contributed by atoms with van der Waals surface area (Å²) in [6.07, 6.45) is 1.87. The molecule has 0 bridgehead atoms. The van der Waals surface area contributed by atoms with Gasteiger partial charge in [-0.05, 0) is 25.0 Å². The second-order valence-electron chi connectivity index (χ2n) is 4.27. The average molecular weight is 213 g/mol. The number of benzene rings is 1. The summed E-state index contributed by atoms with van der Waals surface area (Å²) < 4.78 is 2.06. The first-order valence-corrected chi connectivity index (χ1v) is 5.48. The largest absolute Gasteiger partial charge is 0.286 e. The molecule has 0 radical (unpaired) electrons. The Morgan fingerprint density at radius 3 is 2.62 bits per heavy atom. The Morgan fingerprint density at radius 2 is 1.88 bits per heavy atom. The lowest BCUT2D eigenvalue weighted by molar-refractivity contribution is -0.663. The van der Waals surface area contributed by atoms with Crippen LogP contribution in [0.25, 0.3) is 11.3 Å². The summed E-state index contributed by atoms with van der Waals surface area (Å²) in [4.78, 5) is 4.28. The van der Waals surface area contributed by atoms with Gasteiger partial charge in [0.1, 0.15) is 5.69 Å². The van der Waals surface area contributed by atoms with Crippen LogP contribution in [0.1, 0.15) is 16.8 Å². The highest BCUT2D eigenvalue weighted by Crippen LogP contribution is 2.22. The molecule has 1 heterocycles. The molecule has 0 spiro atoms. The molecule has 0 unspecified atom stereocenters. The molecular weight excluding hydrogens is 196 g/mol. The first-order chi connectivity index (χ1) is 7.59. The Bertz CT molecular complexity index is 530. The number of aromatic nitrogens is 2. The molecule has 2 aromatic rings. The molecule has 0 N–H and O–H groups in total. The van der Waals surface area contributed by atoms with Crippen molar-refractivity contribution in [1.82, 2.24) is 4.98 Å². The van der Waals surface area contributed by atoms with Gasteiger partial charge in [-0.1, -0.05) is 23.2 Å². The Balaban J connectivity index is 2.67. The Labute approximate surface area is 96.6 Å². The van der Waals surface area contributed by atoms with Crippen LogP contribution in [0.15, 0.2) is 30.6 Å². The topological polar surface area (TPSA) is 16.8 Å². The summed E-state index contributed by atoms with van der Waals surface area (Å²) >= 11 is 0. The van der Waals surface area contributed by atoms with Crippen molar-refractivity contribution >= 4 is 0 Å². The van der Waals surface area contributed by atoms with Crippen LogP contribution >= 0.6 is 0 Å². The maximum Gasteiger partial charge on any atom is 0.286 e. The van der Waals surface area contributed by atoms with Crippen molar-refractivity contribution in [2.45, 2.75) is 20.8 Å². The molecule has 0 fully saturated rings. The van der Waals surface area contributed by atoms with Gasteiger partial charge in [0.25, 0.3) is 6.33 Å². The van der Waals surface area contributed by atoms with E-state index < -0.39 is 0 Å². The summed E-state index contributed by atoms with van der Waals surface area (Å²) in [6.45, 7) is 6.34. The van der Waals surface area contributed by atoms with E-state index in [4.69, 9.17) is 0 Å². The highest BCUT2D eigenvalue weighted by molar-refractivity contribution is 5.62. The second-order valence-corrected chi connectivity index (χ2v) is 4.27. The van der Waals surface area contributed by atoms with Crippen LogP contribution in [0.5, 0.6) is 0 Å². The third-order valence-electron chi connectivity index (χ3n) is 3.04. The van der Waals surface area contributed by atoms with Gasteiger partial charge in [-0.15, -0.1) is 0 Å². The standard InChI is InChI=1S/C14H17N2/c1-10-6-5-7-13(12(10)3)14-8-11(2)15-9-16(14)4/h5-9H,1-4H3/q+1. The fourth-order valence-corrected chi connectivity index (χ4v) is 1.87. The Kier molecular flexibility index (Phi) is 2.73. The van der Waals surface area contributed by atoms with Gasteiger partial charge in [0, 0.05) is 18.6 Å². The average Bonchev–Trinajstić information content (AvgIpc) is 2.26. The summed E-state index contributed by atoms with van der Waals surface area (Å²) in [6, 6.07) is 8.54. The van der Waals surface area contributed by atoms with E-state index in [9.17, 15) is 0 Å². The molecule has 0 saturated heterocycles. The minimum absolute atomic E-state index is 1.05. The van der Waals surface area contributed by atoms with Crippen molar-refractivity contribution in [3.63, 3.8) is 0 Å². The Morgan fingerprint density at radius 1 is 1.12 bits per heavy atom. The summed E-state index contributed by atoms with van der Waals surface area (Å²) in [5.41, 5.74) is 6.21. The van der Waals surface area contributed by atoms with E-state index >= 15 is 0 Å². The van der Waals surface area contributed by atoms with Crippen LogP contribution < -0.4 is 4.57 Å². The van der Waals surface area contributed by atoms with Gasteiger partial charge in [-0.2, -0.15) is 0 Å². The molecule has 0 aliphatic rings. The van der Waals surface area contributed by atoms with Crippen molar-refractivity contribution in [3.05, 3.63) is 47.4 Å². The molecular formula is C14H17N2+. The fourth-order valence-electron chi connectivity index (χ4n) is 1.87. The van der Waals surface area contributed by atoms with E-state index in [1.807, 2.05) is 20.3 Å². The minimum Gasteiger partial charge on any atom is -0.233 e. The molecule has 0 aliphatic carbocycles. The van der Waals surface area contributed by atoms with Crippen molar-refractivity contribution in [2.75, 3.05) is 0 Å². The molecule has 0 amide bonds. The predicted molar refractivity (Wildman–Crippen MR) is 65.1 cm³/mol. The van der Waals surface area contributed by atoms with Gasteiger partial charge in [-0.3, -0.25) is 0 Å². The van der Waals surface area contributed by atoms with Gasteiger partial charge in [0.05, 0.1) is 7.05 Å². The fraction of sp³-hybridized carbons (Fsp3) is 0.286. The zero-order valence-corrected chi connectivity index (χ0v) is 10.3. The normalized spacial score (nSPS) is 10.5. The van der Waals surface area contributed by atoms with Crippen LogP contribution in [0, 0.1) is 20.8 Å². The highest BCUT2D eigenvalue weighted by atomic mass is 15.0. The molecule has 16 heavy (non-hydrogen) atoms. The van der Waals surface area contributed by atoms with E-state index in [-0.39, 0.29) is 0 Å². The van der Waals surface area contributed by atoms with Gasteiger partial charge >= 0.3 is 0 Å². The molecule has 0 aliphatic heterocycles. The van der Waals surface area contributed by atoms with Crippen LogP contribution in [-0.4, -0.2) is 4.98 Å². The van der Waals surface area contributed by atoms with E-state index in [1.165, 1.54) is 22.4 Å². The van der Waals surface area contributed by atoms with E-state index in [0.29, 0.717) is 0 Å². The third kappa shape index (κ3) is 1.83. The summed E-state index contributed by atoms with van der Waals surface area (Å²) in [5.74, 6) is 0. The molecule has 1 aromatic carbocycles. The maximum atomic E-state index is 4.28. The molecule has 1 aromatic heterocycles.